The lowest BCUT2D eigenvalue weighted by Crippen LogP contribution is -2.25. The average Bonchev–Trinajstić information content (AvgIpc) is 2.85. The first-order valence-corrected chi connectivity index (χ1v) is 11.4. The van der Waals surface area contributed by atoms with Gasteiger partial charge in [-0.1, -0.05) is 18.2 Å². The van der Waals surface area contributed by atoms with Gasteiger partial charge in [0.05, 0.1) is 35.5 Å². The van der Waals surface area contributed by atoms with Gasteiger partial charge in [0.25, 0.3) is 11.5 Å². The molecule has 0 atom stereocenters. The molecule has 0 unspecified atom stereocenters. The number of aromatic nitrogens is 3. The molecule has 2 heterocycles. The highest BCUT2D eigenvalue weighted by Crippen LogP contribution is 2.14. The van der Waals surface area contributed by atoms with Crippen LogP contribution in [-0.4, -0.2) is 32.0 Å². The largest absolute Gasteiger partial charge is 0.456 e. The summed E-state index contributed by atoms with van der Waals surface area (Å²) in [7, 11) is 0. The Hall–Kier alpha value is -4.47. The number of hydrogen-bond acceptors (Lipinski definition) is 6. The van der Waals surface area contributed by atoms with Crippen LogP contribution in [-0.2, 0) is 17.8 Å². The Morgan fingerprint density at radius 3 is 2.35 bits per heavy atom. The lowest BCUT2D eigenvalue weighted by molar-refractivity contribution is 0.00694. The van der Waals surface area contributed by atoms with E-state index in [0.29, 0.717) is 16.6 Å². The Labute approximate surface area is 210 Å². The second kappa shape index (κ2) is 10.3. The van der Waals surface area contributed by atoms with E-state index in [1.54, 1.807) is 45.0 Å². The van der Waals surface area contributed by atoms with Crippen molar-refractivity contribution in [1.29, 1.82) is 0 Å². The molecule has 2 aromatic heterocycles. The van der Waals surface area contributed by atoms with Gasteiger partial charge in [0.2, 0.25) is 0 Å². The average molecular weight is 507 g/mol. The zero-order valence-corrected chi connectivity index (χ0v) is 20.4. The molecule has 0 aliphatic rings. The Morgan fingerprint density at radius 2 is 1.68 bits per heavy atom. The number of pyridine rings is 1. The van der Waals surface area contributed by atoms with Crippen LogP contribution in [0.5, 0.6) is 0 Å². The molecule has 190 valence electrons. The number of hydrogen-bond donors (Lipinski definition) is 1. The quantitative estimate of drug-likeness (QED) is 0.397. The number of nitrogens with zero attached hydrogens (tertiary/aromatic N) is 3. The fourth-order valence-corrected chi connectivity index (χ4v) is 3.50. The van der Waals surface area contributed by atoms with Gasteiger partial charge < -0.3 is 10.1 Å². The van der Waals surface area contributed by atoms with Gasteiger partial charge in [0, 0.05) is 6.54 Å². The van der Waals surface area contributed by atoms with Gasteiger partial charge in [-0.3, -0.25) is 14.2 Å². The Bertz CT molecular complexity index is 1540. The number of carbonyl (C=O) groups excluding carboxylic acids is 2. The molecule has 0 saturated carbocycles. The van der Waals surface area contributed by atoms with Crippen LogP contribution >= 0.6 is 0 Å². The van der Waals surface area contributed by atoms with Crippen molar-refractivity contribution in [3.8, 4) is 0 Å². The van der Waals surface area contributed by atoms with Crippen molar-refractivity contribution in [2.75, 3.05) is 0 Å². The van der Waals surface area contributed by atoms with Gasteiger partial charge in [-0.2, -0.15) is 0 Å². The van der Waals surface area contributed by atoms with Crippen molar-refractivity contribution in [2.45, 2.75) is 39.5 Å². The molecule has 1 N–H and O–H groups in total. The fourth-order valence-electron chi connectivity index (χ4n) is 3.50. The highest BCUT2D eigenvalue weighted by atomic mass is 19.2. The molecule has 0 saturated heterocycles. The van der Waals surface area contributed by atoms with Gasteiger partial charge in [0.15, 0.2) is 11.6 Å². The monoisotopic (exact) mass is 506 g/mol. The standard InChI is InChI=1S/C27H24F2N4O4/c1-27(2,3)37-26(36)18-7-4-16(5-8-18)14-33-15-32-23-13-30-22(11-19(23)25(33)35)24(34)31-12-17-6-9-20(28)21(29)10-17/h4-11,13,15H,12,14H2,1-3H3,(H,31,34). The van der Waals surface area contributed by atoms with E-state index in [4.69, 9.17) is 4.74 Å². The topological polar surface area (TPSA) is 103 Å². The molecule has 0 fully saturated rings. The maximum absolute atomic E-state index is 13.4. The second-order valence-electron chi connectivity index (χ2n) is 9.39. The Kier molecular flexibility index (Phi) is 7.10. The maximum Gasteiger partial charge on any atom is 0.338 e. The SMILES string of the molecule is CC(C)(C)OC(=O)c1ccc(Cn2cnc3cnc(C(=O)NCc4ccc(F)c(F)c4)cc3c2=O)cc1. The first kappa shape index (κ1) is 25.6. The number of halogens is 2. The molecule has 0 aliphatic carbocycles. The summed E-state index contributed by atoms with van der Waals surface area (Å²) in [6.07, 6.45) is 2.71. The molecule has 4 rings (SSSR count). The number of fused-ring (bicyclic) bond motifs is 1. The summed E-state index contributed by atoms with van der Waals surface area (Å²) in [4.78, 5) is 46.2. The van der Waals surface area contributed by atoms with E-state index in [-0.39, 0.29) is 29.7 Å². The zero-order chi connectivity index (χ0) is 26.7. The predicted molar refractivity (Wildman–Crippen MR) is 132 cm³/mol. The van der Waals surface area contributed by atoms with Gasteiger partial charge in [-0.25, -0.2) is 23.5 Å². The molecule has 0 radical (unpaired) electrons. The second-order valence-corrected chi connectivity index (χ2v) is 9.39. The number of carbonyl (C=O) groups is 2. The minimum Gasteiger partial charge on any atom is -0.456 e. The Morgan fingerprint density at radius 1 is 0.973 bits per heavy atom. The summed E-state index contributed by atoms with van der Waals surface area (Å²) in [6, 6.07) is 11.4. The third-order valence-electron chi connectivity index (χ3n) is 5.32. The molecule has 0 aliphatic heterocycles. The molecule has 4 aromatic rings. The minimum absolute atomic E-state index is 0.0200. The van der Waals surface area contributed by atoms with E-state index in [9.17, 15) is 23.2 Å². The summed E-state index contributed by atoms with van der Waals surface area (Å²) >= 11 is 0. The molecule has 2 aromatic carbocycles. The number of rotatable bonds is 6. The fraction of sp³-hybridized carbons (Fsp3) is 0.222. The van der Waals surface area contributed by atoms with Gasteiger partial charge in [0.1, 0.15) is 11.3 Å². The highest BCUT2D eigenvalue weighted by Gasteiger charge is 2.18. The van der Waals surface area contributed by atoms with Crippen LogP contribution in [0.15, 0.2) is 65.8 Å². The summed E-state index contributed by atoms with van der Waals surface area (Å²) in [5.74, 6) is -3.01. The molecular weight excluding hydrogens is 482 g/mol. The third kappa shape index (κ3) is 6.21. The summed E-state index contributed by atoms with van der Waals surface area (Å²) in [6.45, 7) is 5.50. The van der Waals surface area contributed by atoms with Crippen molar-refractivity contribution in [2.24, 2.45) is 0 Å². The number of nitrogens with one attached hydrogen (secondary N) is 1. The Balaban J connectivity index is 1.50. The first-order valence-electron chi connectivity index (χ1n) is 11.4. The van der Waals surface area contributed by atoms with Crippen LogP contribution in [0.3, 0.4) is 0 Å². The summed E-state index contributed by atoms with van der Waals surface area (Å²) in [5, 5.41) is 2.77. The minimum atomic E-state index is -1.01. The number of benzene rings is 2. The molecule has 8 nitrogen and oxygen atoms in total. The highest BCUT2D eigenvalue weighted by molar-refractivity contribution is 5.95. The normalized spacial score (nSPS) is 11.4. The predicted octanol–water partition coefficient (Wildman–Crippen LogP) is 4.00. The molecule has 1 amide bonds. The van der Waals surface area contributed by atoms with Crippen LogP contribution in [0.1, 0.15) is 52.7 Å². The van der Waals surface area contributed by atoms with Crippen molar-refractivity contribution in [3.63, 3.8) is 0 Å². The number of ether oxygens (including phenoxy) is 1. The lowest BCUT2D eigenvalue weighted by Gasteiger charge is -2.19. The molecular formula is C27H24F2N4O4. The van der Waals surface area contributed by atoms with Gasteiger partial charge >= 0.3 is 5.97 Å². The third-order valence-corrected chi connectivity index (χ3v) is 5.32. The molecule has 0 bridgehead atoms. The number of amides is 1. The van der Waals surface area contributed by atoms with Crippen molar-refractivity contribution in [1.82, 2.24) is 19.9 Å². The molecule has 10 heteroatoms. The van der Waals surface area contributed by atoms with E-state index in [1.165, 1.54) is 29.2 Å². The van der Waals surface area contributed by atoms with Crippen molar-refractivity contribution < 1.29 is 23.1 Å². The molecule has 37 heavy (non-hydrogen) atoms. The zero-order valence-electron chi connectivity index (χ0n) is 20.4. The van der Waals surface area contributed by atoms with E-state index in [2.05, 4.69) is 15.3 Å². The summed E-state index contributed by atoms with van der Waals surface area (Å²) in [5.41, 5.74) is 0.839. The van der Waals surface area contributed by atoms with Crippen LogP contribution in [0.4, 0.5) is 8.78 Å². The van der Waals surface area contributed by atoms with Crippen molar-refractivity contribution >= 4 is 22.8 Å². The lowest BCUT2D eigenvalue weighted by atomic mass is 10.1. The molecule has 0 spiro atoms. The van der Waals surface area contributed by atoms with E-state index in [1.807, 2.05) is 0 Å². The van der Waals surface area contributed by atoms with Gasteiger partial charge in [-0.15, -0.1) is 0 Å². The van der Waals surface area contributed by atoms with Gasteiger partial charge in [-0.05, 0) is 62.2 Å². The van der Waals surface area contributed by atoms with Crippen LogP contribution in [0.2, 0.25) is 0 Å². The smallest absolute Gasteiger partial charge is 0.338 e. The summed E-state index contributed by atoms with van der Waals surface area (Å²) < 4.78 is 33.2. The van der Waals surface area contributed by atoms with Crippen LogP contribution < -0.4 is 10.9 Å². The van der Waals surface area contributed by atoms with E-state index >= 15 is 0 Å². The van der Waals surface area contributed by atoms with Crippen LogP contribution in [0, 0.1) is 11.6 Å². The first-order chi connectivity index (χ1) is 17.5. The van der Waals surface area contributed by atoms with E-state index in [0.717, 1.165) is 17.7 Å². The number of esters is 1. The maximum atomic E-state index is 13.4. The van der Waals surface area contributed by atoms with E-state index < -0.39 is 29.1 Å². The van der Waals surface area contributed by atoms with Crippen molar-refractivity contribution in [3.05, 3.63) is 105 Å². The van der Waals surface area contributed by atoms with Crippen LogP contribution in [0.25, 0.3) is 10.9 Å².